The van der Waals surface area contributed by atoms with E-state index in [1.165, 1.54) is 0 Å². The van der Waals surface area contributed by atoms with Crippen molar-refractivity contribution in [1.82, 2.24) is 5.32 Å². The topological polar surface area (TPSA) is 32.3 Å². The molecule has 0 aliphatic carbocycles. The molecule has 21 heavy (non-hydrogen) atoms. The number of anilines is 2. The summed E-state index contributed by atoms with van der Waals surface area (Å²) in [7, 11) is 0. The van der Waals surface area contributed by atoms with Crippen LogP contribution in [0.15, 0.2) is 58.3 Å². The summed E-state index contributed by atoms with van der Waals surface area (Å²) >= 11 is 1.71. The molecule has 0 aromatic heterocycles. The Bertz CT molecular complexity index is 611. The minimum atomic E-state index is -0.0522. The van der Waals surface area contributed by atoms with Gasteiger partial charge in [-0.1, -0.05) is 49.4 Å². The van der Waals surface area contributed by atoms with E-state index in [1.54, 1.807) is 16.7 Å². The predicted molar refractivity (Wildman–Crippen MR) is 87.5 cm³/mol. The second-order valence-electron chi connectivity index (χ2n) is 4.96. The van der Waals surface area contributed by atoms with Crippen molar-refractivity contribution in [3.8, 4) is 0 Å². The summed E-state index contributed by atoms with van der Waals surface area (Å²) in [4.78, 5) is 16.6. The van der Waals surface area contributed by atoms with E-state index in [-0.39, 0.29) is 6.03 Å². The molecule has 1 N–H and O–H groups in total. The van der Waals surface area contributed by atoms with E-state index in [9.17, 15) is 4.79 Å². The third-order valence-electron chi connectivity index (χ3n) is 3.44. The van der Waals surface area contributed by atoms with E-state index in [0.717, 1.165) is 34.0 Å². The first kappa shape index (κ1) is 14.0. The van der Waals surface area contributed by atoms with E-state index in [4.69, 9.17) is 0 Å². The van der Waals surface area contributed by atoms with Crippen LogP contribution in [0.2, 0.25) is 0 Å². The Morgan fingerprint density at radius 1 is 1.05 bits per heavy atom. The first-order valence-electron chi connectivity index (χ1n) is 7.25. The number of para-hydroxylation sites is 2. The van der Waals surface area contributed by atoms with Crippen molar-refractivity contribution >= 4 is 29.2 Å². The first-order valence-corrected chi connectivity index (χ1v) is 8.07. The summed E-state index contributed by atoms with van der Waals surface area (Å²) in [5, 5.41) is 3.01. The Labute approximate surface area is 129 Å². The number of benzene rings is 2. The van der Waals surface area contributed by atoms with Crippen LogP contribution in [0.25, 0.3) is 0 Å². The lowest BCUT2D eigenvalue weighted by Crippen LogP contribution is -2.38. The second-order valence-corrected chi connectivity index (χ2v) is 6.04. The third-order valence-corrected chi connectivity index (χ3v) is 4.57. The van der Waals surface area contributed by atoms with E-state index in [1.807, 2.05) is 36.4 Å². The number of nitrogens with one attached hydrogen (secondary N) is 1. The number of carbonyl (C=O) groups excluding carboxylic acids is 1. The smallest absolute Gasteiger partial charge is 0.326 e. The van der Waals surface area contributed by atoms with Gasteiger partial charge in [-0.2, -0.15) is 0 Å². The van der Waals surface area contributed by atoms with Gasteiger partial charge in [0.2, 0.25) is 0 Å². The van der Waals surface area contributed by atoms with Gasteiger partial charge in [0.05, 0.1) is 11.4 Å². The van der Waals surface area contributed by atoms with E-state index in [2.05, 4.69) is 24.4 Å². The fourth-order valence-electron chi connectivity index (χ4n) is 2.37. The lowest BCUT2D eigenvalue weighted by molar-refractivity contribution is 0.248. The zero-order valence-electron chi connectivity index (χ0n) is 12.0. The van der Waals surface area contributed by atoms with Crippen LogP contribution in [0.3, 0.4) is 0 Å². The summed E-state index contributed by atoms with van der Waals surface area (Å²) in [5.41, 5.74) is 1.91. The number of urea groups is 1. The number of amides is 2. The normalized spacial score (nSPS) is 12.5. The van der Waals surface area contributed by atoms with Crippen molar-refractivity contribution in [1.29, 1.82) is 0 Å². The number of nitrogens with zero attached hydrogens (tertiary/aromatic N) is 1. The molecule has 0 radical (unpaired) electrons. The quantitative estimate of drug-likeness (QED) is 0.826. The van der Waals surface area contributed by atoms with Crippen LogP contribution < -0.4 is 10.2 Å². The van der Waals surface area contributed by atoms with Crippen LogP contribution in [-0.4, -0.2) is 12.6 Å². The summed E-state index contributed by atoms with van der Waals surface area (Å²) in [6.45, 7) is 2.83. The molecular formula is C17H18N2OS. The van der Waals surface area contributed by atoms with Gasteiger partial charge in [0.1, 0.15) is 0 Å². The maximum atomic E-state index is 12.6. The highest BCUT2D eigenvalue weighted by Gasteiger charge is 2.27. The molecule has 0 fully saturated rings. The Morgan fingerprint density at radius 3 is 2.19 bits per heavy atom. The molecule has 0 saturated carbocycles. The minimum absolute atomic E-state index is 0.0522. The van der Waals surface area contributed by atoms with Crippen LogP contribution in [0.5, 0.6) is 0 Å². The zero-order valence-corrected chi connectivity index (χ0v) is 12.8. The van der Waals surface area contributed by atoms with Crippen molar-refractivity contribution < 1.29 is 4.79 Å². The van der Waals surface area contributed by atoms with Crippen LogP contribution in [0.4, 0.5) is 16.2 Å². The number of rotatable bonds is 3. The molecule has 0 unspecified atom stereocenters. The molecule has 3 rings (SSSR count). The highest BCUT2D eigenvalue weighted by Crippen LogP contribution is 2.47. The highest BCUT2D eigenvalue weighted by atomic mass is 32.2. The molecule has 1 heterocycles. The number of unbranched alkanes of at least 4 members (excludes halogenated alkanes) is 1. The monoisotopic (exact) mass is 298 g/mol. The van der Waals surface area contributed by atoms with Crippen LogP contribution in [-0.2, 0) is 0 Å². The minimum Gasteiger partial charge on any atom is -0.337 e. The maximum Gasteiger partial charge on any atom is 0.326 e. The average Bonchev–Trinajstić information content (AvgIpc) is 2.52. The van der Waals surface area contributed by atoms with Gasteiger partial charge in [0.15, 0.2) is 0 Å². The fraction of sp³-hybridized carbons (Fsp3) is 0.235. The number of hydrogen-bond acceptors (Lipinski definition) is 2. The van der Waals surface area contributed by atoms with Gasteiger partial charge in [0.25, 0.3) is 0 Å². The van der Waals surface area contributed by atoms with E-state index >= 15 is 0 Å². The molecule has 0 atom stereocenters. The van der Waals surface area contributed by atoms with Gasteiger partial charge < -0.3 is 5.32 Å². The second kappa shape index (κ2) is 6.22. The number of fused-ring (bicyclic) bond motifs is 2. The molecule has 2 amide bonds. The third kappa shape index (κ3) is 2.76. The molecule has 2 aromatic rings. The molecule has 1 aliphatic rings. The molecule has 108 valence electrons. The van der Waals surface area contributed by atoms with Gasteiger partial charge in [-0.25, -0.2) is 4.79 Å². The lowest BCUT2D eigenvalue weighted by atomic mass is 10.2. The fourth-order valence-corrected chi connectivity index (χ4v) is 3.43. The molecule has 3 nitrogen and oxygen atoms in total. The lowest BCUT2D eigenvalue weighted by Gasteiger charge is -2.31. The first-order chi connectivity index (χ1) is 10.3. The number of hydrogen-bond donors (Lipinski definition) is 1. The Hall–Kier alpha value is -1.94. The number of carbonyl (C=O) groups is 1. The van der Waals surface area contributed by atoms with Crippen molar-refractivity contribution in [3.05, 3.63) is 48.5 Å². The summed E-state index contributed by atoms with van der Waals surface area (Å²) in [6.07, 6.45) is 2.07. The Balaban J connectivity index is 1.96. The van der Waals surface area contributed by atoms with Crippen molar-refractivity contribution in [2.45, 2.75) is 29.6 Å². The summed E-state index contributed by atoms with van der Waals surface area (Å²) in [6, 6.07) is 16.0. The van der Waals surface area contributed by atoms with Crippen molar-refractivity contribution in [2.24, 2.45) is 0 Å². The van der Waals surface area contributed by atoms with Gasteiger partial charge >= 0.3 is 6.03 Å². The molecule has 0 saturated heterocycles. The van der Waals surface area contributed by atoms with E-state index in [0.29, 0.717) is 6.54 Å². The summed E-state index contributed by atoms with van der Waals surface area (Å²) in [5.74, 6) is 0. The van der Waals surface area contributed by atoms with Crippen LogP contribution >= 0.6 is 11.8 Å². The van der Waals surface area contributed by atoms with Crippen LogP contribution in [0.1, 0.15) is 19.8 Å². The molecule has 2 aromatic carbocycles. The molecule has 0 spiro atoms. The molecule has 0 bridgehead atoms. The van der Waals surface area contributed by atoms with Gasteiger partial charge in [-0.15, -0.1) is 0 Å². The summed E-state index contributed by atoms with van der Waals surface area (Å²) < 4.78 is 0. The highest BCUT2D eigenvalue weighted by molar-refractivity contribution is 7.99. The SMILES string of the molecule is CCCCNC(=O)N1c2ccccc2Sc2ccccc21. The van der Waals surface area contributed by atoms with Gasteiger partial charge in [-0.05, 0) is 30.7 Å². The Kier molecular flexibility index (Phi) is 4.15. The van der Waals surface area contributed by atoms with Crippen molar-refractivity contribution in [3.63, 3.8) is 0 Å². The molecular weight excluding hydrogens is 280 g/mol. The average molecular weight is 298 g/mol. The standard InChI is InChI=1S/C17H18N2OS/c1-2-3-12-18-17(20)19-13-8-4-6-10-15(13)21-16-11-7-5-9-14(16)19/h4-11H,2-3,12H2,1H3,(H,18,20). The van der Waals surface area contributed by atoms with Gasteiger partial charge in [0, 0.05) is 16.3 Å². The van der Waals surface area contributed by atoms with Gasteiger partial charge in [-0.3, -0.25) is 4.90 Å². The Morgan fingerprint density at radius 2 is 1.62 bits per heavy atom. The molecule has 1 aliphatic heterocycles. The van der Waals surface area contributed by atoms with Crippen LogP contribution in [0, 0.1) is 0 Å². The maximum absolute atomic E-state index is 12.6. The van der Waals surface area contributed by atoms with E-state index < -0.39 is 0 Å². The molecule has 4 heteroatoms. The largest absolute Gasteiger partial charge is 0.337 e. The van der Waals surface area contributed by atoms with Crippen molar-refractivity contribution in [2.75, 3.05) is 11.4 Å². The zero-order chi connectivity index (χ0) is 14.7. The predicted octanol–water partition coefficient (Wildman–Crippen LogP) is 4.80.